The number of nitrogens with zero attached hydrogens (tertiary/aromatic N) is 3. The summed E-state index contributed by atoms with van der Waals surface area (Å²) in [7, 11) is 0. The van der Waals surface area contributed by atoms with E-state index in [2.05, 4.69) is 125 Å². The summed E-state index contributed by atoms with van der Waals surface area (Å²) in [5.74, 6) is 1.23. The number of hydrogen-bond acceptors (Lipinski definition) is 1. The fourth-order valence-corrected chi connectivity index (χ4v) is 6.49. The van der Waals surface area contributed by atoms with Crippen molar-refractivity contribution in [3.8, 4) is 5.69 Å². The number of aliphatic imine (C=N–C) groups is 1. The second-order valence-corrected chi connectivity index (χ2v) is 11.4. The molecule has 8 rings (SSSR count). The van der Waals surface area contributed by atoms with Gasteiger partial charge in [-0.25, -0.2) is 4.99 Å². The van der Waals surface area contributed by atoms with Crippen LogP contribution in [-0.2, 0) is 0 Å². The van der Waals surface area contributed by atoms with E-state index in [0.717, 1.165) is 56.1 Å². The quantitative estimate of drug-likeness (QED) is 0.161. The summed E-state index contributed by atoms with van der Waals surface area (Å²) in [5, 5.41) is 13.7. The van der Waals surface area contributed by atoms with Crippen LogP contribution in [0.4, 0.5) is 0 Å². The lowest BCUT2D eigenvalue weighted by atomic mass is 9.97. The molecule has 0 fully saturated rings. The Kier molecular flexibility index (Phi) is 6.23. The molecule has 2 N–H and O–H groups in total. The lowest BCUT2D eigenvalue weighted by molar-refractivity contribution is 0.733. The van der Waals surface area contributed by atoms with E-state index in [1.54, 1.807) is 0 Å². The smallest absolute Gasteiger partial charge is 0.154 e. The molecule has 0 amide bonds. The molecule has 5 heteroatoms. The summed E-state index contributed by atoms with van der Waals surface area (Å²) in [6.07, 6.45) is 7.26. The van der Waals surface area contributed by atoms with Crippen molar-refractivity contribution in [1.29, 1.82) is 5.41 Å². The average molecular weight is 570 g/mol. The first kappa shape index (κ1) is 26.0. The molecule has 2 heterocycles. The van der Waals surface area contributed by atoms with E-state index in [9.17, 15) is 0 Å². The van der Waals surface area contributed by atoms with Crippen LogP contribution in [0, 0.1) is 11.3 Å². The standard InChI is InChI=1S/C39H31N5/c1-26-13-12-16-28(25-26)38(40)41-39(27-14-4-2-5-15-27)42-44-35-22-11-9-20-31(35)33-24-23-32-30-19-8-10-21-34(30)43(36(32)37(33)44)29-17-6-3-7-18-29/h2-12,14-26H,13H2,1H3,(H2,40,41,42). The van der Waals surface area contributed by atoms with Crippen LogP contribution in [0.15, 0.2) is 150 Å². The summed E-state index contributed by atoms with van der Waals surface area (Å²) in [6.45, 7) is 2.17. The predicted octanol–water partition coefficient (Wildman–Crippen LogP) is 9.38. The zero-order valence-electron chi connectivity index (χ0n) is 24.4. The molecule has 0 bridgehead atoms. The van der Waals surface area contributed by atoms with E-state index in [0.29, 0.717) is 11.8 Å². The third kappa shape index (κ3) is 4.24. The molecule has 0 saturated carbocycles. The van der Waals surface area contributed by atoms with Gasteiger partial charge < -0.3 is 4.57 Å². The third-order valence-electron chi connectivity index (χ3n) is 8.51. The zero-order chi connectivity index (χ0) is 29.6. The molecule has 1 atom stereocenters. The van der Waals surface area contributed by atoms with Crippen LogP contribution in [0.2, 0.25) is 0 Å². The van der Waals surface area contributed by atoms with Crippen molar-refractivity contribution in [2.75, 3.05) is 5.43 Å². The Bertz CT molecular complexity index is 2300. The molecule has 212 valence electrons. The highest BCUT2D eigenvalue weighted by atomic mass is 15.4. The number of aromatic nitrogens is 2. The van der Waals surface area contributed by atoms with Crippen LogP contribution < -0.4 is 5.43 Å². The SMILES string of the molecule is CC1C=C(C(=N)N=C(Nn2c3ccccc3c3ccc4c5ccccc5n(-c5ccccc5)c4c32)c2ccccc2)C=CC1. The minimum absolute atomic E-state index is 0.239. The van der Waals surface area contributed by atoms with E-state index >= 15 is 0 Å². The fourth-order valence-electron chi connectivity index (χ4n) is 6.49. The highest BCUT2D eigenvalue weighted by Gasteiger charge is 2.21. The largest absolute Gasteiger partial charge is 0.307 e. The van der Waals surface area contributed by atoms with Gasteiger partial charge in [0.15, 0.2) is 11.7 Å². The van der Waals surface area contributed by atoms with Crippen LogP contribution >= 0.6 is 0 Å². The lowest BCUT2D eigenvalue weighted by Gasteiger charge is -2.17. The summed E-state index contributed by atoms with van der Waals surface area (Å²) >= 11 is 0. The van der Waals surface area contributed by atoms with Crippen molar-refractivity contribution in [3.05, 3.63) is 151 Å². The number of rotatable bonds is 4. The van der Waals surface area contributed by atoms with Crippen molar-refractivity contribution in [2.24, 2.45) is 10.9 Å². The highest BCUT2D eigenvalue weighted by Crippen LogP contribution is 2.39. The van der Waals surface area contributed by atoms with Crippen LogP contribution in [0.3, 0.4) is 0 Å². The first-order chi connectivity index (χ1) is 21.7. The molecule has 44 heavy (non-hydrogen) atoms. The van der Waals surface area contributed by atoms with Gasteiger partial charge in [-0.2, -0.15) is 0 Å². The molecule has 7 aromatic rings. The predicted molar refractivity (Wildman–Crippen MR) is 185 cm³/mol. The molecule has 5 nitrogen and oxygen atoms in total. The molecule has 0 aliphatic heterocycles. The van der Waals surface area contributed by atoms with Gasteiger partial charge in [-0.05, 0) is 36.6 Å². The topological polar surface area (TPSA) is 58.1 Å². The van der Waals surface area contributed by atoms with E-state index in [-0.39, 0.29) is 5.84 Å². The Balaban J connectivity index is 1.44. The number of fused-ring (bicyclic) bond motifs is 7. The molecule has 1 aliphatic rings. The maximum Gasteiger partial charge on any atom is 0.154 e. The van der Waals surface area contributed by atoms with Crippen molar-refractivity contribution in [2.45, 2.75) is 13.3 Å². The average Bonchev–Trinajstić information content (AvgIpc) is 3.58. The van der Waals surface area contributed by atoms with Gasteiger partial charge in [0.05, 0.1) is 22.1 Å². The zero-order valence-corrected chi connectivity index (χ0v) is 24.4. The van der Waals surface area contributed by atoms with Gasteiger partial charge in [-0.1, -0.05) is 122 Å². The lowest BCUT2D eigenvalue weighted by Crippen LogP contribution is -2.25. The first-order valence-corrected chi connectivity index (χ1v) is 15.1. The minimum atomic E-state index is 0.239. The molecule has 0 radical (unpaired) electrons. The summed E-state index contributed by atoms with van der Waals surface area (Å²) < 4.78 is 4.53. The molecule has 1 aliphatic carbocycles. The van der Waals surface area contributed by atoms with E-state index in [1.165, 1.54) is 10.8 Å². The molecule has 5 aromatic carbocycles. The maximum absolute atomic E-state index is 9.00. The van der Waals surface area contributed by atoms with Crippen molar-refractivity contribution < 1.29 is 0 Å². The van der Waals surface area contributed by atoms with Gasteiger partial charge in [-0.3, -0.25) is 15.5 Å². The van der Waals surface area contributed by atoms with E-state index in [1.807, 2.05) is 36.4 Å². The van der Waals surface area contributed by atoms with Gasteiger partial charge in [0.25, 0.3) is 0 Å². The first-order valence-electron chi connectivity index (χ1n) is 15.1. The van der Waals surface area contributed by atoms with Crippen LogP contribution in [0.5, 0.6) is 0 Å². The Morgan fingerprint density at radius 2 is 1.32 bits per heavy atom. The summed E-state index contributed by atoms with van der Waals surface area (Å²) in [4.78, 5) is 4.94. The third-order valence-corrected chi connectivity index (χ3v) is 8.51. The number of benzene rings is 5. The van der Waals surface area contributed by atoms with Gasteiger partial charge in [0, 0.05) is 38.4 Å². The Morgan fingerprint density at radius 3 is 2.05 bits per heavy atom. The van der Waals surface area contributed by atoms with E-state index in [4.69, 9.17) is 10.4 Å². The van der Waals surface area contributed by atoms with Crippen LogP contribution in [-0.4, -0.2) is 20.9 Å². The van der Waals surface area contributed by atoms with E-state index < -0.39 is 0 Å². The number of hydrogen-bond donors (Lipinski definition) is 2. The Morgan fingerprint density at radius 1 is 0.705 bits per heavy atom. The number of allylic oxidation sites excluding steroid dienone is 2. The normalized spacial score (nSPS) is 15.3. The van der Waals surface area contributed by atoms with Crippen molar-refractivity contribution >= 4 is 55.3 Å². The Hall–Kier alpha value is -5.68. The number of para-hydroxylation sites is 3. The number of nitrogens with one attached hydrogen (secondary N) is 2. The fraction of sp³-hybridized carbons (Fsp3) is 0.0769. The van der Waals surface area contributed by atoms with Gasteiger partial charge >= 0.3 is 0 Å². The summed E-state index contributed by atoms with van der Waals surface area (Å²) in [6, 6.07) is 42.2. The van der Waals surface area contributed by atoms with Crippen LogP contribution in [0.25, 0.3) is 49.3 Å². The molecular weight excluding hydrogens is 538 g/mol. The van der Waals surface area contributed by atoms with Gasteiger partial charge in [-0.15, -0.1) is 0 Å². The van der Waals surface area contributed by atoms with Gasteiger partial charge in [0.2, 0.25) is 0 Å². The van der Waals surface area contributed by atoms with Crippen molar-refractivity contribution in [1.82, 2.24) is 9.24 Å². The second kappa shape index (κ2) is 10.5. The molecule has 1 unspecified atom stereocenters. The maximum atomic E-state index is 9.00. The molecule has 0 saturated heterocycles. The van der Waals surface area contributed by atoms with Crippen LogP contribution in [0.1, 0.15) is 18.9 Å². The Labute approximate surface area is 255 Å². The van der Waals surface area contributed by atoms with Crippen molar-refractivity contribution in [3.63, 3.8) is 0 Å². The number of amidine groups is 2. The highest BCUT2D eigenvalue weighted by molar-refractivity contribution is 6.24. The minimum Gasteiger partial charge on any atom is -0.307 e. The molecular formula is C39H31N5. The monoisotopic (exact) mass is 569 g/mol. The second-order valence-electron chi connectivity index (χ2n) is 11.4. The summed E-state index contributed by atoms with van der Waals surface area (Å²) in [5.41, 5.74) is 10.9. The van der Waals surface area contributed by atoms with Gasteiger partial charge in [0.1, 0.15) is 0 Å². The molecule has 0 spiro atoms. The molecule has 2 aromatic heterocycles.